The largest absolute Gasteiger partial charge is 0.507 e. The number of rotatable bonds is 7. The quantitative estimate of drug-likeness (QED) is 0.295. The summed E-state index contributed by atoms with van der Waals surface area (Å²) in [6, 6.07) is 19.6. The SMILES string of the molecule is CCNC(=O)c1cccc(-c2ccc(Nc3nc(-c4ccc(O)c(C(=O)O)c4)cs3)cc2)c1. The van der Waals surface area contributed by atoms with Gasteiger partial charge in [-0.15, -0.1) is 11.3 Å². The lowest BCUT2D eigenvalue weighted by Crippen LogP contribution is -2.22. The summed E-state index contributed by atoms with van der Waals surface area (Å²) in [6.07, 6.45) is 0. The van der Waals surface area contributed by atoms with Crippen molar-refractivity contribution in [2.24, 2.45) is 0 Å². The van der Waals surface area contributed by atoms with E-state index in [0.29, 0.717) is 28.5 Å². The molecule has 0 bridgehead atoms. The number of thiazole rings is 1. The third-order valence-electron chi connectivity index (χ3n) is 4.96. The second kappa shape index (κ2) is 9.54. The van der Waals surface area contributed by atoms with E-state index in [9.17, 15) is 19.8 Å². The smallest absolute Gasteiger partial charge is 0.339 e. The van der Waals surface area contributed by atoms with Crippen molar-refractivity contribution in [2.75, 3.05) is 11.9 Å². The molecule has 0 saturated heterocycles. The van der Waals surface area contributed by atoms with E-state index < -0.39 is 5.97 Å². The molecule has 4 aromatic rings. The Morgan fingerprint density at radius 3 is 2.45 bits per heavy atom. The van der Waals surface area contributed by atoms with E-state index in [4.69, 9.17) is 0 Å². The van der Waals surface area contributed by atoms with Crippen LogP contribution in [0.15, 0.2) is 72.1 Å². The number of anilines is 2. The van der Waals surface area contributed by atoms with Crippen LogP contribution in [0.1, 0.15) is 27.6 Å². The monoisotopic (exact) mass is 459 g/mol. The third-order valence-corrected chi connectivity index (χ3v) is 5.72. The molecule has 7 nitrogen and oxygen atoms in total. The molecule has 0 aliphatic rings. The predicted octanol–water partition coefficient (Wildman–Crippen LogP) is 5.37. The lowest BCUT2D eigenvalue weighted by molar-refractivity contribution is 0.0693. The second-order valence-corrected chi connectivity index (χ2v) is 8.08. The predicted molar refractivity (Wildman–Crippen MR) is 129 cm³/mol. The maximum absolute atomic E-state index is 12.1. The molecule has 4 N–H and O–H groups in total. The van der Waals surface area contributed by atoms with Gasteiger partial charge in [-0.3, -0.25) is 4.79 Å². The van der Waals surface area contributed by atoms with Crippen LogP contribution in [-0.4, -0.2) is 33.6 Å². The van der Waals surface area contributed by atoms with Crippen molar-refractivity contribution in [2.45, 2.75) is 6.92 Å². The van der Waals surface area contributed by atoms with Gasteiger partial charge in [0.15, 0.2) is 5.13 Å². The molecule has 1 amide bonds. The van der Waals surface area contributed by atoms with E-state index in [1.165, 1.54) is 23.5 Å². The summed E-state index contributed by atoms with van der Waals surface area (Å²) in [6.45, 7) is 2.46. The summed E-state index contributed by atoms with van der Waals surface area (Å²) in [5.41, 5.74) is 4.45. The van der Waals surface area contributed by atoms with Gasteiger partial charge in [0.2, 0.25) is 0 Å². The number of hydrogen-bond donors (Lipinski definition) is 4. The number of carbonyl (C=O) groups excluding carboxylic acids is 1. The molecule has 33 heavy (non-hydrogen) atoms. The van der Waals surface area contributed by atoms with E-state index in [0.717, 1.165) is 16.8 Å². The number of nitrogens with zero attached hydrogens (tertiary/aromatic N) is 1. The van der Waals surface area contributed by atoms with Crippen LogP contribution in [0.4, 0.5) is 10.8 Å². The highest BCUT2D eigenvalue weighted by Crippen LogP contribution is 2.31. The molecule has 166 valence electrons. The fourth-order valence-electron chi connectivity index (χ4n) is 3.30. The van der Waals surface area contributed by atoms with Gasteiger partial charge in [-0.25, -0.2) is 9.78 Å². The Labute approximate surface area is 194 Å². The van der Waals surface area contributed by atoms with E-state index >= 15 is 0 Å². The van der Waals surface area contributed by atoms with Gasteiger partial charge in [0.25, 0.3) is 5.91 Å². The molecule has 0 spiro atoms. The normalized spacial score (nSPS) is 10.6. The molecule has 1 aromatic heterocycles. The molecule has 0 unspecified atom stereocenters. The van der Waals surface area contributed by atoms with Crippen LogP contribution in [0, 0.1) is 0 Å². The van der Waals surface area contributed by atoms with Gasteiger partial charge in [0.05, 0.1) is 5.69 Å². The summed E-state index contributed by atoms with van der Waals surface area (Å²) < 4.78 is 0. The van der Waals surface area contributed by atoms with E-state index in [2.05, 4.69) is 15.6 Å². The van der Waals surface area contributed by atoms with Crippen LogP contribution in [0.3, 0.4) is 0 Å². The number of nitrogens with one attached hydrogen (secondary N) is 2. The van der Waals surface area contributed by atoms with Gasteiger partial charge in [-0.1, -0.05) is 24.3 Å². The minimum atomic E-state index is -1.19. The number of carbonyl (C=O) groups is 2. The van der Waals surface area contributed by atoms with Crippen molar-refractivity contribution in [3.05, 3.63) is 83.2 Å². The molecule has 0 aliphatic carbocycles. The van der Waals surface area contributed by atoms with Crippen molar-refractivity contribution < 1.29 is 19.8 Å². The highest BCUT2D eigenvalue weighted by atomic mass is 32.1. The van der Waals surface area contributed by atoms with Crippen LogP contribution in [0.25, 0.3) is 22.4 Å². The van der Waals surface area contributed by atoms with Crippen molar-refractivity contribution in [1.29, 1.82) is 0 Å². The zero-order valence-corrected chi connectivity index (χ0v) is 18.5. The van der Waals surface area contributed by atoms with Crippen molar-refractivity contribution in [1.82, 2.24) is 10.3 Å². The van der Waals surface area contributed by atoms with E-state index in [1.54, 1.807) is 12.1 Å². The number of benzene rings is 3. The zero-order chi connectivity index (χ0) is 23.4. The van der Waals surface area contributed by atoms with Crippen molar-refractivity contribution in [3.8, 4) is 28.1 Å². The number of amides is 1. The average Bonchev–Trinajstić information content (AvgIpc) is 3.28. The van der Waals surface area contributed by atoms with Gasteiger partial charge >= 0.3 is 5.97 Å². The highest BCUT2D eigenvalue weighted by Gasteiger charge is 2.13. The minimum absolute atomic E-state index is 0.0960. The number of phenols is 1. The Balaban J connectivity index is 1.49. The van der Waals surface area contributed by atoms with E-state index in [-0.39, 0.29) is 17.2 Å². The van der Waals surface area contributed by atoms with Gasteiger partial charge in [-0.2, -0.15) is 0 Å². The molecule has 0 atom stereocenters. The topological polar surface area (TPSA) is 112 Å². The lowest BCUT2D eigenvalue weighted by Gasteiger charge is -2.08. The Kier molecular flexibility index (Phi) is 6.37. The molecule has 0 fully saturated rings. The van der Waals surface area contributed by atoms with Gasteiger partial charge < -0.3 is 20.8 Å². The first kappa shape index (κ1) is 22.0. The summed E-state index contributed by atoms with van der Waals surface area (Å²) >= 11 is 1.39. The third kappa shape index (κ3) is 5.02. The molecule has 0 radical (unpaired) electrons. The van der Waals surface area contributed by atoms with E-state index in [1.807, 2.05) is 54.8 Å². The maximum atomic E-state index is 12.1. The molecular formula is C25H21N3O4S. The van der Waals surface area contributed by atoms with Crippen LogP contribution in [-0.2, 0) is 0 Å². The molecule has 3 aromatic carbocycles. The van der Waals surface area contributed by atoms with Gasteiger partial charge in [0.1, 0.15) is 11.3 Å². The number of carboxylic acids is 1. The molecule has 8 heteroatoms. The zero-order valence-electron chi connectivity index (χ0n) is 17.7. The summed E-state index contributed by atoms with van der Waals surface area (Å²) in [4.78, 5) is 27.9. The van der Waals surface area contributed by atoms with Crippen LogP contribution in [0.5, 0.6) is 5.75 Å². The number of hydrogen-bond acceptors (Lipinski definition) is 6. The number of aromatic hydroxyl groups is 1. The van der Waals surface area contributed by atoms with Crippen LogP contribution in [0.2, 0.25) is 0 Å². The first-order valence-corrected chi connectivity index (χ1v) is 11.1. The number of carboxylic acid groups (broad SMARTS) is 1. The Morgan fingerprint density at radius 2 is 1.73 bits per heavy atom. The summed E-state index contributed by atoms with van der Waals surface area (Å²) in [5, 5.41) is 27.4. The summed E-state index contributed by atoms with van der Waals surface area (Å²) in [5.74, 6) is -1.57. The average molecular weight is 460 g/mol. The van der Waals surface area contributed by atoms with Gasteiger partial charge in [0, 0.05) is 28.7 Å². The highest BCUT2D eigenvalue weighted by molar-refractivity contribution is 7.14. The Bertz CT molecular complexity index is 1320. The Hall–Kier alpha value is -4.17. The standard InChI is InChI=1S/C25H21N3O4S/c1-2-26-23(30)18-5-3-4-16(12-18)15-6-9-19(10-7-15)27-25-28-21(14-33-25)17-8-11-22(29)20(13-17)24(31)32/h3-14,29H,2H2,1H3,(H,26,30)(H,27,28)(H,31,32). The molecule has 1 heterocycles. The van der Waals surface area contributed by atoms with Crippen LogP contribution >= 0.6 is 11.3 Å². The second-order valence-electron chi connectivity index (χ2n) is 7.22. The lowest BCUT2D eigenvalue weighted by atomic mass is 10.0. The number of aromatic nitrogens is 1. The van der Waals surface area contributed by atoms with Crippen LogP contribution < -0.4 is 10.6 Å². The molecule has 4 rings (SSSR count). The molecule has 0 saturated carbocycles. The first-order chi connectivity index (χ1) is 15.9. The fourth-order valence-corrected chi connectivity index (χ4v) is 4.04. The van der Waals surface area contributed by atoms with Crippen molar-refractivity contribution >= 4 is 34.0 Å². The van der Waals surface area contributed by atoms with Gasteiger partial charge in [-0.05, 0) is 60.5 Å². The summed E-state index contributed by atoms with van der Waals surface area (Å²) in [7, 11) is 0. The first-order valence-electron chi connectivity index (χ1n) is 10.2. The molecular weight excluding hydrogens is 438 g/mol. The number of aromatic carboxylic acids is 1. The van der Waals surface area contributed by atoms with Crippen molar-refractivity contribution in [3.63, 3.8) is 0 Å². The minimum Gasteiger partial charge on any atom is -0.507 e. The maximum Gasteiger partial charge on any atom is 0.339 e. The fraction of sp³-hybridized carbons (Fsp3) is 0.0800. The Morgan fingerprint density at radius 1 is 0.970 bits per heavy atom. The molecule has 0 aliphatic heterocycles.